The molecule has 0 spiro atoms. The number of hydrogen-bond acceptors (Lipinski definition) is 6. The highest BCUT2D eigenvalue weighted by Gasteiger charge is 2.43. The van der Waals surface area contributed by atoms with Gasteiger partial charge in [-0.05, 0) is 12.5 Å². The zero-order valence-corrected chi connectivity index (χ0v) is 12.0. The lowest BCUT2D eigenvalue weighted by Crippen LogP contribution is -2.57. The normalized spacial score (nSPS) is 34.1. The van der Waals surface area contributed by atoms with Crippen molar-refractivity contribution in [2.24, 2.45) is 0 Å². The zero-order chi connectivity index (χ0) is 14.7. The van der Waals surface area contributed by atoms with Crippen LogP contribution in [0.1, 0.15) is 11.1 Å². The lowest BCUT2D eigenvalue weighted by molar-refractivity contribution is -0.205. The fraction of sp³-hybridized carbons (Fsp3) is 0.571. The van der Waals surface area contributed by atoms with Crippen LogP contribution in [-0.2, 0) is 10.5 Å². The fourth-order valence-corrected chi connectivity index (χ4v) is 3.20. The second-order valence-electron chi connectivity index (χ2n) is 4.99. The van der Waals surface area contributed by atoms with E-state index in [9.17, 15) is 15.3 Å². The van der Waals surface area contributed by atoms with Gasteiger partial charge in [0.05, 0.1) is 6.61 Å². The molecular formula is C14H20O5S. The van der Waals surface area contributed by atoms with Crippen LogP contribution in [0.4, 0.5) is 0 Å². The summed E-state index contributed by atoms with van der Waals surface area (Å²) < 4.78 is 5.43. The van der Waals surface area contributed by atoms with Crippen LogP contribution in [0.3, 0.4) is 0 Å². The largest absolute Gasteiger partial charge is 0.394 e. The standard InChI is InChI=1S/C14H20O5S/c1-8-2-4-9(5-3-8)7-20-14-13(18)12(17)11(16)10(6-15)19-14/h2-5,10-18H,6-7H2,1H3/t10-,11-,12+,13-,14+/m1/s1. The molecule has 0 aliphatic carbocycles. The first-order valence-electron chi connectivity index (χ1n) is 6.50. The van der Waals surface area contributed by atoms with E-state index in [-0.39, 0.29) is 0 Å². The number of aliphatic hydroxyl groups is 4. The smallest absolute Gasteiger partial charge is 0.132 e. The first kappa shape index (κ1) is 15.8. The zero-order valence-electron chi connectivity index (χ0n) is 11.2. The van der Waals surface area contributed by atoms with E-state index in [4.69, 9.17) is 9.84 Å². The summed E-state index contributed by atoms with van der Waals surface area (Å²) in [6, 6.07) is 7.99. The maximum atomic E-state index is 9.91. The molecule has 5 atom stereocenters. The van der Waals surface area contributed by atoms with Gasteiger partial charge < -0.3 is 25.2 Å². The molecule has 0 saturated carbocycles. The van der Waals surface area contributed by atoms with Crippen molar-refractivity contribution in [1.82, 2.24) is 0 Å². The molecule has 5 nitrogen and oxygen atoms in total. The summed E-state index contributed by atoms with van der Waals surface area (Å²) >= 11 is 1.33. The van der Waals surface area contributed by atoms with E-state index in [1.165, 1.54) is 17.3 Å². The minimum absolute atomic E-state index is 0.396. The molecule has 0 unspecified atom stereocenters. The van der Waals surface area contributed by atoms with Crippen LogP contribution >= 0.6 is 11.8 Å². The first-order chi connectivity index (χ1) is 9.52. The third kappa shape index (κ3) is 3.52. The number of aryl methyl sites for hydroxylation is 1. The molecule has 0 bridgehead atoms. The van der Waals surface area contributed by atoms with Gasteiger partial charge in [0.1, 0.15) is 29.9 Å². The van der Waals surface area contributed by atoms with Crippen molar-refractivity contribution in [2.75, 3.05) is 6.61 Å². The van der Waals surface area contributed by atoms with Crippen LogP contribution in [0.25, 0.3) is 0 Å². The molecule has 1 heterocycles. The van der Waals surface area contributed by atoms with E-state index < -0.39 is 36.5 Å². The van der Waals surface area contributed by atoms with Crippen molar-refractivity contribution in [1.29, 1.82) is 0 Å². The van der Waals surface area contributed by atoms with Crippen molar-refractivity contribution in [3.8, 4) is 0 Å². The van der Waals surface area contributed by atoms with Gasteiger partial charge in [-0.15, -0.1) is 11.8 Å². The first-order valence-corrected chi connectivity index (χ1v) is 7.55. The summed E-state index contributed by atoms with van der Waals surface area (Å²) in [7, 11) is 0. The van der Waals surface area contributed by atoms with Gasteiger partial charge in [-0.25, -0.2) is 0 Å². The molecule has 1 aromatic carbocycles. The quantitative estimate of drug-likeness (QED) is 0.627. The number of hydrogen-bond donors (Lipinski definition) is 4. The SMILES string of the molecule is Cc1ccc(CS[C@@H]2O[C@H](CO)[C@@H](O)[C@H](O)[C@H]2O)cc1. The van der Waals surface area contributed by atoms with Gasteiger partial charge in [0.2, 0.25) is 0 Å². The Morgan fingerprint density at radius 3 is 2.30 bits per heavy atom. The second-order valence-corrected chi connectivity index (χ2v) is 6.08. The van der Waals surface area contributed by atoms with E-state index in [2.05, 4.69) is 0 Å². The van der Waals surface area contributed by atoms with Crippen molar-refractivity contribution in [2.45, 2.75) is 42.5 Å². The summed E-state index contributed by atoms with van der Waals surface area (Å²) in [5, 5.41) is 38.4. The highest BCUT2D eigenvalue weighted by molar-refractivity contribution is 7.99. The molecule has 20 heavy (non-hydrogen) atoms. The highest BCUT2D eigenvalue weighted by Crippen LogP contribution is 2.30. The van der Waals surface area contributed by atoms with Crippen LogP contribution in [0, 0.1) is 6.92 Å². The topological polar surface area (TPSA) is 90.2 Å². The molecule has 0 amide bonds. The summed E-state index contributed by atoms with van der Waals surface area (Å²) in [4.78, 5) is 0. The number of benzene rings is 1. The van der Waals surface area contributed by atoms with Gasteiger partial charge in [0, 0.05) is 5.75 Å². The molecule has 2 rings (SSSR count). The molecule has 1 aromatic rings. The van der Waals surface area contributed by atoms with Crippen molar-refractivity contribution in [3.05, 3.63) is 35.4 Å². The highest BCUT2D eigenvalue weighted by atomic mass is 32.2. The monoisotopic (exact) mass is 300 g/mol. The van der Waals surface area contributed by atoms with Crippen LogP contribution in [0.15, 0.2) is 24.3 Å². The third-order valence-electron chi connectivity index (χ3n) is 3.38. The molecule has 1 fully saturated rings. The Bertz CT molecular complexity index is 422. The minimum atomic E-state index is -1.31. The molecule has 112 valence electrons. The Morgan fingerprint density at radius 2 is 1.70 bits per heavy atom. The van der Waals surface area contributed by atoms with Crippen molar-refractivity contribution < 1.29 is 25.2 Å². The van der Waals surface area contributed by atoms with Crippen molar-refractivity contribution >= 4 is 11.8 Å². The molecular weight excluding hydrogens is 280 g/mol. The molecule has 1 aliphatic rings. The van der Waals surface area contributed by atoms with Crippen LogP contribution < -0.4 is 0 Å². The average molecular weight is 300 g/mol. The maximum absolute atomic E-state index is 9.91. The van der Waals surface area contributed by atoms with Gasteiger partial charge in [-0.3, -0.25) is 0 Å². The molecule has 1 saturated heterocycles. The van der Waals surface area contributed by atoms with E-state index in [1.807, 2.05) is 31.2 Å². The average Bonchev–Trinajstić information content (AvgIpc) is 2.46. The molecule has 4 N–H and O–H groups in total. The van der Waals surface area contributed by atoms with Crippen LogP contribution in [-0.4, -0.2) is 56.9 Å². The van der Waals surface area contributed by atoms with E-state index in [1.54, 1.807) is 0 Å². The van der Waals surface area contributed by atoms with Crippen LogP contribution in [0.5, 0.6) is 0 Å². The predicted octanol–water partition coefficient (Wildman–Crippen LogP) is 0.0281. The third-order valence-corrected chi connectivity index (χ3v) is 4.60. The summed E-state index contributed by atoms with van der Waals surface area (Å²) in [6.45, 7) is 1.61. The lowest BCUT2D eigenvalue weighted by atomic mass is 10.0. The molecule has 1 aliphatic heterocycles. The van der Waals surface area contributed by atoms with Gasteiger partial charge in [-0.2, -0.15) is 0 Å². The van der Waals surface area contributed by atoms with Gasteiger partial charge in [0.15, 0.2) is 0 Å². The van der Waals surface area contributed by atoms with Crippen LogP contribution in [0.2, 0.25) is 0 Å². The molecule has 0 aromatic heterocycles. The fourth-order valence-electron chi connectivity index (χ4n) is 2.07. The van der Waals surface area contributed by atoms with Crippen molar-refractivity contribution in [3.63, 3.8) is 0 Å². The molecule has 0 radical (unpaired) electrons. The number of thioether (sulfide) groups is 1. The summed E-state index contributed by atoms with van der Waals surface area (Å²) in [6.07, 6.45) is -4.63. The number of rotatable bonds is 4. The Hall–Kier alpha value is -0.630. The lowest BCUT2D eigenvalue weighted by Gasteiger charge is -2.39. The van der Waals surface area contributed by atoms with Gasteiger partial charge >= 0.3 is 0 Å². The number of ether oxygens (including phenoxy) is 1. The number of aliphatic hydroxyl groups excluding tert-OH is 4. The Kier molecular flexibility index (Phi) is 5.42. The molecule has 6 heteroatoms. The Morgan fingerprint density at radius 1 is 1.05 bits per heavy atom. The summed E-state index contributed by atoms with van der Waals surface area (Å²) in [5.41, 5.74) is 1.58. The van der Waals surface area contributed by atoms with E-state index in [0.29, 0.717) is 5.75 Å². The second kappa shape index (κ2) is 6.89. The maximum Gasteiger partial charge on any atom is 0.132 e. The van der Waals surface area contributed by atoms with E-state index in [0.717, 1.165) is 5.56 Å². The Balaban J connectivity index is 1.95. The Labute approximate surface area is 122 Å². The van der Waals surface area contributed by atoms with E-state index >= 15 is 0 Å². The minimum Gasteiger partial charge on any atom is -0.394 e. The van der Waals surface area contributed by atoms with Gasteiger partial charge in [-0.1, -0.05) is 29.8 Å². The summed E-state index contributed by atoms with van der Waals surface area (Å²) in [5.74, 6) is 0.614. The van der Waals surface area contributed by atoms with Gasteiger partial charge in [0.25, 0.3) is 0 Å². The predicted molar refractivity (Wildman–Crippen MR) is 76.2 cm³/mol.